The molecule has 162 valence electrons. The van der Waals surface area contributed by atoms with E-state index < -0.39 is 10.0 Å². The Bertz CT molecular complexity index is 1010. The van der Waals surface area contributed by atoms with Gasteiger partial charge in [-0.3, -0.25) is 4.79 Å². The van der Waals surface area contributed by atoms with Crippen LogP contribution in [-0.4, -0.2) is 70.9 Å². The van der Waals surface area contributed by atoms with Gasteiger partial charge in [0.15, 0.2) is 0 Å². The van der Waals surface area contributed by atoms with Crippen LogP contribution in [0.25, 0.3) is 0 Å². The first-order chi connectivity index (χ1) is 14.2. The number of hydrogen-bond acceptors (Lipinski definition) is 5. The molecule has 1 heterocycles. The lowest BCUT2D eigenvalue weighted by molar-refractivity contribution is 0.0767. The molecule has 7 nitrogen and oxygen atoms in total. The molecule has 0 radical (unpaired) electrons. The van der Waals surface area contributed by atoms with Gasteiger partial charge in [0.25, 0.3) is 5.91 Å². The maximum atomic E-state index is 13.1. The van der Waals surface area contributed by atoms with Crippen molar-refractivity contribution in [2.24, 2.45) is 0 Å². The van der Waals surface area contributed by atoms with E-state index in [0.717, 1.165) is 28.7 Å². The number of rotatable bonds is 5. The zero-order chi connectivity index (χ0) is 21.9. The maximum Gasteiger partial charge on any atom is 0.255 e. The summed E-state index contributed by atoms with van der Waals surface area (Å²) in [6, 6.07) is 12.1. The third-order valence-electron chi connectivity index (χ3n) is 5.17. The summed E-state index contributed by atoms with van der Waals surface area (Å²) >= 11 is 6.26. The average molecular weight is 452 g/mol. The summed E-state index contributed by atoms with van der Waals surface area (Å²) < 4.78 is 31.2. The van der Waals surface area contributed by atoms with Crippen molar-refractivity contribution < 1.29 is 17.9 Å². The molecule has 1 aliphatic heterocycles. The lowest BCUT2D eigenvalue weighted by Gasteiger charge is -2.24. The third kappa shape index (κ3) is 4.71. The molecule has 1 amide bonds. The highest BCUT2D eigenvalue weighted by atomic mass is 35.5. The SMILES string of the molecule is COc1ccc(N2CCCN(C(=O)c3cc(S(=O)(=O)N(C)C)ccc3Cl)CC2)cc1. The van der Waals surface area contributed by atoms with Crippen LogP contribution >= 0.6 is 11.6 Å². The second-order valence-corrected chi connectivity index (χ2v) is 9.82. The molecule has 0 atom stereocenters. The Morgan fingerprint density at radius 3 is 2.37 bits per heavy atom. The Labute approximate surface area is 182 Å². The summed E-state index contributed by atoms with van der Waals surface area (Å²) in [5, 5.41) is 0.244. The molecule has 2 aromatic rings. The Hall–Kier alpha value is -2.29. The normalized spacial score (nSPS) is 15.2. The number of halogens is 1. The Kier molecular flexibility index (Phi) is 6.90. The number of carbonyl (C=O) groups is 1. The van der Waals surface area contributed by atoms with Gasteiger partial charge in [-0.2, -0.15) is 0 Å². The van der Waals surface area contributed by atoms with Crippen LogP contribution in [0.15, 0.2) is 47.4 Å². The van der Waals surface area contributed by atoms with E-state index in [1.54, 1.807) is 12.0 Å². The predicted octanol–water partition coefficient (Wildman–Crippen LogP) is 2.95. The second kappa shape index (κ2) is 9.24. The molecule has 9 heteroatoms. The zero-order valence-electron chi connectivity index (χ0n) is 17.3. The number of nitrogens with zero attached hydrogens (tertiary/aromatic N) is 3. The van der Waals surface area contributed by atoms with Crippen LogP contribution in [0.2, 0.25) is 5.02 Å². The number of amides is 1. The van der Waals surface area contributed by atoms with Crippen molar-refractivity contribution in [2.75, 3.05) is 52.3 Å². The molecule has 0 bridgehead atoms. The Balaban J connectivity index is 1.77. The quantitative estimate of drug-likeness (QED) is 0.699. The van der Waals surface area contributed by atoms with Crippen molar-refractivity contribution in [3.05, 3.63) is 53.1 Å². The smallest absolute Gasteiger partial charge is 0.255 e. The molecule has 0 N–H and O–H groups in total. The van der Waals surface area contributed by atoms with Gasteiger partial charge in [0.2, 0.25) is 10.0 Å². The van der Waals surface area contributed by atoms with Crippen molar-refractivity contribution in [3.8, 4) is 5.75 Å². The van der Waals surface area contributed by atoms with Crippen molar-refractivity contribution in [2.45, 2.75) is 11.3 Å². The van der Waals surface area contributed by atoms with Crippen molar-refractivity contribution in [1.29, 1.82) is 0 Å². The van der Waals surface area contributed by atoms with Crippen LogP contribution in [0.3, 0.4) is 0 Å². The monoisotopic (exact) mass is 451 g/mol. The van der Waals surface area contributed by atoms with Gasteiger partial charge in [-0.25, -0.2) is 12.7 Å². The van der Waals surface area contributed by atoms with Crippen molar-refractivity contribution >= 4 is 33.2 Å². The molecule has 0 aliphatic carbocycles. The highest BCUT2D eigenvalue weighted by molar-refractivity contribution is 7.89. The lowest BCUT2D eigenvalue weighted by Crippen LogP contribution is -2.35. The number of anilines is 1. The third-order valence-corrected chi connectivity index (χ3v) is 7.31. The van der Waals surface area contributed by atoms with Gasteiger partial charge < -0.3 is 14.5 Å². The van der Waals surface area contributed by atoms with Crippen LogP contribution in [0.5, 0.6) is 5.75 Å². The second-order valence-electron chi connectivity index (χ2n) is 7.26. The standard InChI is InChI=1S/C21H26ClN3O4S/c1-23(2)30(27,28)18-9-10-20(22)19(15-18)21(26)25-12-4-11-24(13-14-25)16-5-7-17(29-3)8-6-16/h5-10,15H,4,11-14H2,1-3H3. The Morgan fingerprint density at radius 1 is 1.03 bits per heavy atom. The minimum atomic E-state index is -3.65. The van der Waals surface area contributed by atoms with E-state index in [0.29, 0.717) is 19.6 Å². The number of carbonyl (C=O) groups excluding carboxylic acids is 1. The van der Waals surface area contributed by atoms with Gasteiger partial charge in [0.1, 0.15) is 5.75 Å². The van der Waals surface area contributed by atoms with Gasteiger partial charge >= 0.3 is 0 Å². The Morgan fingerprint density at radius 2 is 1.73 bits per heavy atom. The highest BCUT2D eigenvalue weighted by Crippen LogP contribution is 2.25. The van der Waals surface area contributed by atoms with Gasteiger partial charge in [-0.1, -0.05) is 11.6 Å². The first-order valence-corrected chi connectivity index (χ1v) is 11.5. The molecule has 1 aliphatic rings. The molecule has 30 heavy (non-hydrogen) atoms. The topological polar surface area (TPSA) is 70.2 Å². The van der Waals surface area contributed by atoms with E-state index in [1.165, 1.54) is 32.3 Å². The summed E-state index contributed by atoms with van der Waals surface area (Å²) in [5.41, 5.74) is 1.28. The van der Waals surface area contributed by atoms with E-state index in [-0.39, 0.29) is 21.4 Å². The predicted molar refractivity (Wildman–Crippen MR) is 118 cm³/mol. The fraction of sp³-hybridized carbons (Fsp3) is 0.381. The van der Waals surface area contributed by atoms with Crippen LogP contribution < -0.4 is 9.64 Å². The van der Waals surface area contributed by atoms with E-state index in [1.807, 2.05) is 24.3 Å². The summed E-state index contributed by atoms with van der Waals surface area (Å²) in [6.45, 7) is 2.59. The van der Waals surface area contributed by atoms with E-state index in [4.69, 9.17) is 16.3 Å². The van der Waals surface area contributed by atoms with Gasteiger partial charge in [-0.05, 0) is 48.9 Å². The fourth-order valence-electron chi connectivity index (χ4n) is 3.38. The number of sulfonamides is 1. The molecule has 2 aromatic carbocycles. The number of hydrogen-bond donors (Lipinski definition) is 0. The highest BCUT2D eigenvalue weighted by Gasteiger charge is 2.25. The van der Waals surface area contributed by atoms with Crippen LogP contribution in [0.1, 0.15) is 16.8 Å². The van der Waals surface area contributed by atoms with Crippen LogP contribution in [0, 0.1) is 0 Å². The molecule has 0 aromatic heterocycles. The first kappa shape index (κ1) is 22.4. The summed E-state index contributed by atoms with van der Waals surface area (Å²) in [4.78, 5) is 17.2. The molecular formula is C21H26ClN3O4S. The van der Waals surface area contributed by atoms with Crippen LogP contribution in [-0.2, 0) is 10.0 Å². The molecule has 0 spiro atoms. The summed E-state index contributed by atoms with van der Waals surface area (Å²) in [7, 11) is 0.885. The number of ether oxygens (including phenoxy) is 1. The molecule has 0 unspecified atom stereocenters. The fourth-order valence-corrected chi connectivity index (χ4v) is 4.51. The molecule has 3 rings (SSSR count). The summed E-state index contributed by atoms with van der Waals surface area (Å²) in [6.07, 6.45) is 0.797. The van der Waals surface area contributed by atoms with Crippen LogP contribution in [0.4, 0.5) is 5.69 Å². The number of methoxy groups -OCH3 is 1. The maximum absolute atomic E-state index is 13.1. The average Bonchev–Trinajstić information content (AvgIpc) is 2.99. The first-order valence-electron chi connectivity index (χ1n) is 9.64. The van der Waals surface area contributed by atoms with Gasteiger partial charge in [0, 0.05) is 46.0 Å². The largest absolute Gasteiger partial charge is 0.497 e. The van der Waals surface area contributed by atoms with Gasteiger partial charge in [-0.15, -0.1) is 0 Å². The van der Waals surface area contributed by atoms with E-state index in [2.05, 4.69) is 4.90 Å². The number of benzene rings is 2. The minimum Gasteiger partial charge on any atom is -0.497 e. The van der Waals surface area contributed by atoms with Crippen molar-refractivity contribution in [3.63, 3.8) is 0 Å². The molecule has 0 saturated carbocycles. The molecular weight excluding hydrogens is 426 g/mol. The van der Waals surface area contributed by atoms with E-state index >= 15 is 0 Å². The van der Waals surface area contributed by atoms with E-state index in [9.17, 15) is 13.2 Å². The molecule has 1 saturated heterocycles. The molecule has 1 fully saturated rings. The van der Waals surface area contributed by atoms with Crippen molar-refractivity contribution in [1.82, 2.24) is 9.21 Å². The lowest BCUT2D eigenvalue weighted by atomic mass is 10.2. The zero-order valence-corrected chi connectivity index (χ0v) is 18.9. The van der Waals surface area contributed by atoms with Gasteiger partial charge in [0.05, 0.1) is 22.6 Å². The summed E-state index contributed by atoms with van der Waals surface area (Å²) in [5.74, 6) is 0.542. The minimum absolute atomic E-state index is 0.0509.